The lowest BCUT2D eigenvalue weighted by atomic mass is 10.5. The van der Waals surface area contributed by atoms with Crippen molar-refractivity contribution in [2.45, 2.75) is 6.54 Å². The van der Waals surface area contributed by atoms with Crippen molar-refractivity contribution in [2.24, 2.45) is 7.05 Å². The molecule has 0 N–H and O–H groups in total. The third kappa shape index (κ3) is 1.20. The number of aromatic nitrogens is 5. The van der Waals surface area contributed by atoms with E-state index in [1.807, 2.05) is 24.0 Å². The Kier molecular flexibility index (Phi) is 1.62. The molecule has 0 saturated carbocycles. The van der Waals surface area contributed by atoms with Gasteiger partial charge in [-0.25, -0.2) is 9.67 Å². The Morgan fingerprint density at radius 3 is 3.00 bits per heavy atom. The first-order chi connectivity index (χ1) is 5.86. The third-order valence-corrected chi connectivity index (χ3v) is 1.71. The maximum absolute atomic E-state index is 4.00. The Hall–Kier alpha value is -1.65. The minimum atomic E-state index is 0.719. The lowest BCUT2D eigenvalue weighted by Crippen LogP contribution is -2.04. The van der Waals surface area contributed by atoms with Gasteiger partial charge in [-0.1, -0.05) is 5.21 Å². The van der Waals surface area contributed by atoms with Crippen LogP contribution in [0.2, 0.25) is 0 Å². The summed E-state index contributed by atoms with van der Waals surface area (Å²) in [7, 11) is 1.96. The second kappa shape index (κ2) is 2.77. The molecule has 0 unspecified atom stereocenters. The highest BCUT2D eigenvalue weighted by atomic mass is 15.4. The molecule has 2 rings (SSSR count). The van der Waals surface area contributed by atoms with E-state index < -0.39 is 0 Å². The van der Waals surface area contributed by atoms with Crippen LogP contribution in [0.3, 0.4) is 0 Å². The fourth-order valence-corrected chi connectivity index (χ4v) is 1.02. The molecule has 2 aromatic heterocycles. The Labute approximate surface area is 69.7 Å². The fourth-order valence-electron chi connectivity index (χ4n) is 1.02. The molecule has 5 nitrogen and oxygen atoms in total. The van der Waals surface area contributed by atoms with Crippen molar-refractivity contribution in [1.82, 2.24) is 24.5 Å². The van der Waals surface area contributed by atoms with E-state index in [1.54, 1.807) is 17.2 Å². The first-order valence-electron chi connectivity index (χ1n) is 3.65. The number of rotatable bonds is 2. The van der Waals surface area contributed by atoms with Crippen LogP contribution in [-0.2, 0) is 13.6 Å². The second-order valence-corrected chi connectivity index (χ2v) is 2.60. The molecular weight excluding hydrogens is 154 g/mol. The second-order valence-electron chi connectivity index (χ2n) is 2.60. The van der Waals surface area contributed by atoms with Crippen molar-refractivity contribution >= 4 is 0 Å². The normalized spacial score (nSPS) is 10.4. The first kappa shape index (κ1) is 7.02. The fraction of sp³-hybridized carbons (Fsp3) is 0.286. The van der Waals surface area contributed by atoms with Crippen LogP contribution in [0.25, 0.3) is 0 Å². The SMILES string of the molecule is Cn1cncc1Cn1ccnn1. The van der Waals surface area contributed by atoms with Crippen LogP contribution in [-0.4, -0.2) is 24.5 Å². The van der Waals surface area contributed by atoms with E-state index in [0.717, 1.165) is 12.2 Å². The summed E-state index contributed by atoms with van der Waals surface area (Å²) >= 11 is 0. The van der Waals surface area contributed by atoms with E-state index in [4.69, 9.17) is 0 Å². The van der Waals surface area contributed by atoms with Crippen molar-refractivity contribution in [1.29, 1.82) is 0 Å². The molecule has 0 fully saturated rings. The van der Waals surface area contributed by atoms with Gasteiger partial charge in [0.2, 0.25) is 0 Å². The van der Waals surface area contributed by atoms with E-state index >= 15 is 0 Å². The van der Waals surface area contributed by atoms with Crippen molar-refractivity contribution in [3.05, 3.63) is 30.6 Å². The molecule has 5 heteroatoms. The van der Waals surface area contributed by atoms with Gasteiger partial charge >= 0.3 is 0 Å². The molecule has 0 radical (unpaired) electrons. The third-order valence-electron chi connectivity index (χ3n) is 1.71. The van der Waals surface area contributed by atoms with Crippen LogP contribution in [0, 0.1) is 0 Å². The van der Waals surface area contributed by atoms with Crippen molar-refractivity contribution < 1.29 is 0 Å². The van der Waals surface area contributed by atoms with E-state index in [0.29, 0.717) is 0 Å². The van der Waals surface area contributed by atoms with Crippen molar-refractivity contribution in [3.8, 4) is 0 Å². The predicted molar refractivity (Wildman–Crippen MR) is 42.3 cm³/mol. The zero-order chi connectivity index (χ0) is 8.39. The van der Waals surface area contributed by atoms with Crippen molar-refractivity contribution in [3.63, 3.8) is 0 Å². The van der Waals surface area contributed by atoms with Gasteiger partial charge in [-0.2, -0.15) is 0 Å². The average Bonchev–Trinajstić information content (AvgIpc) is 2.65. The van der Waals surface area contributed by atoms with E-state index in [2.05, 4.69) is 15.3 Å². The maximum Gasteiger partial charge on any atom is 0.0946 e. The van der Waals surface area contributed by atoms with Crippen molar-refractivity contribution in [2.75, 3.05) is 0 Å². The summed E-state index contributed by atoms with van der Waals surface area (Å²) in [5, 5.41) is 7.57. The van der Waals surface area contributed by atoms with Gasteiger partial charge in [-0.3, -0.25) is 0 Å². The molecule has 0 aliphatic rings. The summed E-state index contributed by atoms with van der Waals surface area (Å²) < 4.78 is 3.72. The zero-order valence-corrected chi connectivity index (χ0v) is 6.75. The minimum absolute atomic E-state index is 0.719. The first-order valence-corrected chi connectivity index (χ1v) is 3.65. The van der Waals surface area contributed by atoms with E-state index in [1.165, 1.54) is 0 Å². The molecule has 0 aliphatic heterocycles. The number of aryl methyl sites for hydroxylation is 1. The van der Waals surface area contributed by atoms with Crippen LogP contribution < -0.4 is 0 Å². The average molecular weight is 163 g/mol. The Balaban J connectivity index is 2.20. The molecule has 62 valence electrons. The lowest BCUT2D eigenvalue weighted by molar-refractivity contribution is 0.620. The van der Waals surface area contributed by atoms with Crippen LogP contribution in [0.5, 0.6) is 0 Å². The summed E-state index contributed by atoms with van der Waals surface area (Å²) in [6.07, 6.45) is 7.08. The predicted octanol–water partition coefficient (Wildman–Crippen LogP) is 0.0599. The van der Waals surface area contributed by atoms with Crippen LogP contribution in [0.1, 0.15) is 5.69 Å². The van der Waals surface area contributed by atoms with Gasteiger partial charge in [-0.05, 0) is 0 Å². The molecule has 0 spiro atoms. The number of hydrogen-bond acceptors (Lipinski definition) is 3. The molecule has 2 aromatic rings. The summed E-state index contributed by atoms with van der Waals surface area (Å²) in [5.74, 6) is 0. The molecule has 0 aromatic carbocycles. The van der Waals surface area contributed by atoms with Gasteiger partial charge < -0.3 is 4.57 Å². The van der Waals surface area contributed by atoms with Crippen LogP contribution >= 0.6 is 0 Å². The summed E-state index contributed by atoms with van der Waals surface area (Å²) in [4.78, 5) is 4.00. The quantitative estimate of drug-likeness (QED) is 0.629. The van der Waals surface area contributed by atoms with Gasteiger partial charge in [0.15, 0.2) is 0 Å². The Morgan fingerprint density at radius 1 is 1.50 bits per heavy atom. The molecule has 0 amide bonds. The van der Waals surface area contributed by atoms with Gasteiger partial charge in [-0.15, -0.1) is 5.10 Å². The Morgan fingerprint density at radius 2 is 2.42 bits per heavy atom. The summed E-state index contributed by atoms with van der Waals surface area (Å²) in [6, 6.07) is 0. The van der Waals surface area contributed by atoms with Gasteiger partial charge in [0.25, 0.3) is 0 Å². The smallest absolute Gasteiger partial charge is 0.0946 e. The summed E-state index contributed by atoms with van der Waals surface area (Å²) in [6.45, 7) is 0.719. The highest BCUT2D eigenvalue weighted by Crippen LogP contribution is 1.97. The van der Waals surface area contributed by atoms with Gasteiger partial charge in [0.1, 0.15) is 0 Å². The summed E-state index contributed by atoms with van der Waals surface area (Å²) in [5.41, 5.74) is 1.11. The van der Waals surface area contributed by atoms with Gasteiger partial charge in [0, 0.05) is 13.2 Å². The maximum atomic E-state index is 4.00. The minimum Gasteiger partial charge on any atom is -0.336 e. The molecule has 2 heterocycles. The van der Waals surface area contributed by atoms with E-state index in [9.17, 15) is 0 Å². The van der Waals surface area contributed by atoms with E-state index in [-0.39, 0.29) is 0 Å². The molecule has 0 bridgehead atoms. The highest BCUT2D eigenvalue weighted by molar-refractivity contribution is 4.97. The molecule has 0 atom stereocenters. The lowest BCUT2D eigenvalue weighted by Gasteiger charge is -2.00. The topological polar surface area (TPSA) is 48.5 Å². The highest BCUT2D eigenvalue weighted by Gasteiger charge is 1.98. The number of hydrogen-bond donors (Lipinski definition) is 0. The van der Waals surface area contributed by atoms with Crippen LogP contribution in [0.4, 0.5) is 0 Å². The molecule has 12 heavy (non-hydrogen) atoms. The molecule has 0 aliphatic carbocycles. The Bertz CT molecular complexity index is 348. The molecule has 0 saturated heterocycles. The largest absolute Gasteiger partial charge is 0.336 e. The zero-order valence-electron chi connectivity index (χ0n) is 6.75. The van der Waals surface area contributed by atoms with Gasteiger partial charge in [0.05, 0.1) is 31.0 Å². The standard InChI is InChI=1S/C7H9N5/c1-11-6-8-4-7(11)5-12-3-2-9-10-12/h2-4,6H,5H2,1H3. The number of imidazole rings is 1. The monoisotopic (exact) mass is 163 g/mol. The van der Waals surface area contributed by atoms with Crippen LogP contribution in [0.15, 0.2) is 24.9 Å². The molecular formula is C7H9N5. The number of nitrogens with zero attached hydrogens (tertiary/aromatic N) is 5.